The quantitative estimate of drug-likeness (QED) is 0.143. The number of thiazole rings is 1. The van der Waals surface area contributed by atoms with Gasteiger partial charge in [0, 0.05) is 54.1 Å². The number of fused-ring (bicyclic) bond motifs is 1. The van der Waals surface area contributed by atoms with Gasteiger partial charge in [0.1, 0.15) is 11.5 Å². The van der Waals surface area contributed by atoms with E-state index in [4.69, 9.17) is 14.5 Å². The summed E-state index contributed by atoms with van der Waals surface area (Å²) in [4.78, 5) is 14.1. The fourth-order valence-corrected chi connectivity index (χ4v) is 4.33. The highest BCUT2D eigenvalue weighted by Crippen LogP contribution is 2.31. The molecule has 0 fully saturated rings. The molecule has 0 saturated heterocycles. The zero-order valence-corrected chi connectivity index (χ0v) is 22.6. The van der Waals surface area contributed by atoms with E-state index in [2.05, 4.69) is 47.4 Å². The minimum absolute atomic E-state index is 0. The molecule has 2 heterocycles. The predicted molar refractivity (Wildman–Crippen MR) is 144 cm³/mol. The summed E-state index contributed by atoms with van der Waals surface area (Å²) in [5.41, 5.74) is 3.33. The third-order valence-electron chi connectivity index (χ3n) is 5.11. The Labute approximate surface area is 211 Å². The Kier molecular flexibility index (Phi) is 10.6. The summed E-state index contributed by atoms with van der Waals surface area (Å²) in [5.74, 6) is 2.46. The second-order valence-corrected chi connectivity index (χ2v) is 8.66. The van der Waals surface area contributed by atoms with E-state index in [0.717, 1.165) is 73.0 Å². The van der Waals surface area contributed by atoms with Crippen LogP contribution in [0.5, 0.6) is 11.5 Å². The lowest BCUT2D eigenvalue weighted by Gasteiger charge is -2.10. The van der Waals surface area contributed by atoms with Crippen molar-refractivity contribution in [3.63, 3.8) is 0 Å². The number of nitrogens with zero attached hydrogens (tertiary/aromatic N) is 2. The summed E-state index contributed by atoms with van der Waals surface area (Å²) in [6.45, 7) is 8.67. The number of guanidine groups is 1. The van der Waals surface area contributed by atoms with Gasteiger partial charge in [0.25, 0.3) is 0 Å². The van der Waals surface area contributed by atoms with Crippen molar-refractivity contribution in [2.24, 2.45) is 4.99 Å². The third kappa shape index (κ3) is 6.99. The number of aryl methyl sites for hydroxylation is 3. The van der Waals surface area contributed by atoms with Gasteiger partial charge in [-0.3, -0.25) is 4.99 Å². The fraction of sp³-hybridized carbons (Fsp3) is 0.478. The second-order valence-electron chi connectivity index (χ2n) is 7.38. The lowest BCUT2D eigenvalue weighted by Crippen LogP contribution is -2.38. The fourth-order valence-electron chi connectivity index (χ4n) is 3.39. The van der Waals surface area contributed by atoms with Crippen LogP contribution in [0.1, 0.15) is 34.6 Å². The molecule has 0 unspecified atom stereocenters. The van der Waals surface area contributed by atoms with Crippen molar-refractivity contribution in [3.8, 4) is 11.5 Å². The Morgan fingerprint density at radius 3 is 2.59 bits per heavy atom. The number of ether oxygens (including phenoxy) is 2. The van der Waals surface area contributed by atoms with Crippen molar-refractivity contribution in [2.75, 3.05) is 33.9 Å². The Morgan fingerprint density at radius 1 is 1.12 bits per heavy atom. The molecule has 1 aromatic carbocycles. The highest BCUT2D eigenvalue weighted by Gasteiger charge is 2.09. The first-order chi connectivity index (χ1) is 15.0. The van der Waals surface area contributed by atoms with Crippen molar-refractivity contribution < 1.29 is 9.47 Å². The monoisotopic (exact) mass is 571 g/mol. The Morgan fingerprint density at radius 2 is 1.94 bits per heavy atom. The number of aliphatic imine (C=N–C) groups is 1. The van der Waals surface area contributed by atoms with E-state index in [1.807, 2.05) is 12.1 Å². The normalized spacial score (nSPS) is 11.3. The van der Waals surface area contributed by atoms with Crippen molar-refractivity contribution in [2.45, 2.75) is 40.0 Å². The molecule has 0 amide bonds. The molecule has 0 atom stereocenters. The van der Waals surface area contributed by atoms with Gasteiger partial charge in [-0.2, -0.15) is 0 Å². The average molecular weight is 572 g/mol. The van der Waals surface area contributed by atoms with Gasteiger partial charge >= 0.3 is 0 Å². The molecule has 2 aromatic heterocycles. The van der Waals surface area contributed by atoms with Crippen LogP contribution in [0, 0.1) is 13.8 Å². The Balaban J connectivity index is 0.00000363. The van der Waals surface area contributed by atoms with Gasteiger partial charge < -0.3 is 25.1 Å². The smallest absolute Gasteiger partial charge is 0.191 e. The minimum Gasteiger partial charge on any atom is -0.497 e. The van der Waals surface area contributed by atoms with Gasteiger partial charge in [-0.25, -0.2) is 4.98 Å². The predicted octanol–water partition coefficient (Wildman–Crippen LogP) is 4.61. The molecule has 3 N–H and O–H groups in total. The summed E-state index contributed by atoms with van der Waals surface area (Å²) in [6, 6.07) is 6.06. The van der Waals surface area contributed by atoms with Crippen LogP contribution < -0.4 is 20.1 Å². The first-order valence-electron chi connectivity index (χ1n) is 10.7. The molecule has 0 bridgehead atoms. The van der Waals surface area contributed by atoms with Crippen LogP contribution in [0.4, 0.5) is 0 Å². The maximum Gasteiger partial charge on any atom is 0.191 e. The highest BCUT2D eigenvalue weighted by atomic mass is 127. The van der Waals surface area contributed by atoms with Gasteiger partial charge in [0.2, 0.25) is 0 Å². The molecule has 9 heteroatoms. The van der Waals surface area contributed by atoms with Crippen molar-refractivity contribution in [1.82, 2.24) is 20.6 Å². The highest BCUT2D eigenvalue weighted by molar-refractivity contribution is 14.0. The van der Waals surface area contributed by atoms with Crippen molar-refractivity contribution in [3.05, 3.63) is 39.5 Å². The number of nitrogens with one attached hydrogen (secondary N) is 3. The minimum atomic E-state index is 0. The summed E-state index contributed by atoms with van der Waals surface area (Å²) in [5, 5.41) is 8.97. The van der Waals surface area contributed by atoms with E-state index in [-0.39, 0.29) is 24.0 Å². The largest absolute Gasteiger partial charge is 0.497 e. The molecule has 3 aromatic rings. The first-order valence-corrected chi connectivity index (χ1v) is 11.5. The topological polar surface area (TPSA) is 83.6 Å². The maximum atomic E-state index is 5.50. The summed E-state index contributed by atoms with van der Waals surface area (Å²) in [7, 11) is 3.35. The molecular formula is C23H34IN5O2S. The van der Waals surface area contributed by atoms with Gasteiger partial charge in [0.05, 0.1) is 30.4 Å². The van der Waals surface area contributed by atoms with E-state index < -0.39 is 0 Å². The van der Waals surface area contributed by atoms with Gasteiger partial charge in [-0.15, -0.1) is 35.3 Å². The van der Waals surface area contributed by atoms with E-state index in [1.54, 1.807) is 25.6 Å². The standard InChI is InChI=1S/C23H33N5O2S.HI/c1-6-24-23(26-11-9-22-27-15(2)16(3)31-22)25-10-7-8-17-12-19-20(28-17)13-18(29-4)14-21(19)30-5;/h12-14,28H,6-11H2,1-5H3,(H2,24,25,26);1H. The van der Waals surface area contributed by atoms with Gasteiger partial charge in [-0.1, -0.05) is 0 Å². The van der Waals surface area contributed by atoms with Crippen LogP contribution >= 0.6 is 35.3 Å². The number of hydrogen-bond donors (Lipinski definition) is 3. The lowest BCUT2D eigenvalue weighted by atomic mass is 10.2. The van der Waals surface area contributed by atoms with Crippen LogP contribution in [0.3, 0.4) is 0 Å². The summed E-state index contributed by atoms with van der Waals surface area (Å²) >= 11 is 1.77. The number of aromatic amines is 1. The molecule has 0 aliphatic carbocycles. The third-order valence-corrected chi connectivity index (χ3v) is 6.24. The second kappa shape index (κ2) is 12.9. The lowest BCUT2D eigenvalue weighted by molar-refractivity contribution is 0.398. The van der Waals surface area contributed by atoms with Crippen molar-refractivity contribution in [1.29, 1.82) is 0 Å². The number of hydrogen-bond acceptors (Lipinski definition) is 5. The number of H-pyrrole nitrogens is 1. The van der Waals surface area contributed by atoms with E-state index in [9.17, 15) is 0 Å². The number of methoxy groups -OCH3 is 2. The number of benzene rings is 1. The van der Waals surface area contributed by atoms with Crippen LogP contribution in [0.2, 0.25) is 0 Å². The van der Waals surface area contributed by atoms with Crippen molar-refractivity contribution >= 4 is 52.2 Å². The Hall–Kier alpha value is -2.01. The molecule has 0 radical (unpaired) electrons. The van der Waals surface area contributed by atoms with E-state index >= 15 is 0 Å². The zero-order valence-electron chi connectivity index (χ0n) is 19.5. The zero-order chi connectivity index (χ0) is 22.2. The van der Waals surface area contributed by atoms with Gasteiger partial charge in [0.15, 0.2) is 5.96 Å². The first kappa shape index (κ1) is 26.2. The SMILES string of the molecule is CCNC(=NCCCc1cc2c(OC)cc(OC)cc2[nH]1)NCCc1nc(C)c(C)s1.I. The number of rotatable bonds is 10. The molecule has 0 aliphatic heterocycles. The molecule has 176 valence electrons. The molecule has 0 saturated carbocycles. The van der Waals surface area contributed by atoms with Crippen LogP contribution in [-0.4, -0.2) is 49.8 Å². The van der Waals surface area contributed by atoms with Crippen LogP contribution in [0.25, 0.3) is 10.9 Å². The molecule has 3 rings (SSSR count). The molecule has 32 heavy (non-hydrogen) atoms. The van der Waals surface area contributed by atoms with Gasteiger partial charge in [-0.05, 0) is 39.7 Å². The summed E-state index contributed by atoms with van der Waals surface area (Å²) in [6.07, 6.45) is 2.78. The number of halogens is 1. The van der Waals surface area contributed by atoms with E-state index in [0.29, 0.717) is 0 Å². The average Bonchev–Trinajstić information content (AvgIpc) is 3.32. The van der Waals surface area contributed by atoms with E-state index in [1.165, 1.54) is 15.6 Å². The van der Waals surface area contributed by atoms with Crippen LogP contribution in [-0.2, 0) is 12.8 Å². The van der Waals surface area contributed by atoms with Crippen LogP contribution in [0.15, 0.2) is 23.2 Å². The number of aromatic nitrogens is 2. The Bertz CT molecular complexity index is 1010. The maximum absolute atomic E-state index is 5.50. The summed E-state index contributed by atoms with van der Waals surface area (Å²) < 4.78 is 10.9. The molecule has 0 spiro atoms. The molecule has 0 aliphatic rings. The molecule has 7 nitrogen and oxygen atoms in total. The molecular weight excluding hydrogens is 537 g/mol.